The molecule has 17 heavy (non-hydrogen) atoms. The Morgan fingerprint density at radius 1 is 1.35 bits per heavy atom. The second-order valence-corrected chi connectivity index (χ2v) is 3.74. The van der Waals surface area contributed by atoms with E-state index in [2.05, 4.69) is 10.1 Å². The summed E-state index contributed by atoms with van der Waals surface area (Å²) >= 11 is 0. The van der Waals surface area contributed by atoms with E-state index in [1.54, 1.807) is 0 Å². The Morgan fingerprint density at radius 3 is 3.00 bits per heavy atom. The van der Waals surface area contributed by atoms with E-state index in [1.165, 1.54) is 0 Å². The highest BCUT2D eigenvalue weighted by molar-refractivity contribution is 5.64. The van der Waals surface area contributed by atoms with Crippen LogP contribution >= 0.6 is 0 Å². The Labute approximate surface area is 97.3 Å². The van der Waals surface area contributed by atoms with Gasteiger partial charge < -0.3 is 19.7 Å². The van der Waals surface area contributed by atoms with Crippen molar-refractivity contribution < 1.29 is 14.0 Å². The topological polar surface area (TPSA) is 83.4 Å². The Morgan fingerprint density at radius 2 is 2.24 bits per heavy atom. The van der Waals surface area contributed by atoms with Crippen LogP contribution in [-0.2, 0) is 6.54 Å². The average molecular weight is 233 g/mol. The summed E-state index contributed by atoms with van der Waals surface area (Å²) in [6.07, 6.45) is 0. The van der Waals surface area contributed by atoms with E-state index < -0.39 is 0 Å². The van der Waals surface area contributed by atoms with Crippen molar-refractivity contribution in [3.05, 3.63) is 23.6 Å². The van der Waals surface area contributed by atoms with E-state index in [9.17, 15) is 0 Å². The highest BCUT2D eigenvalue weighted by Gasteiger charge is 2.19. The Kier molecular flexibility index (Phi) is 2.22. The van der Waals surface area contributed by atoms with Crippen molar-refractivity contribution in [2.45, 2.75) is 13.5 Å². The van der Waals surface area contributed by atoms with Crippen molar-refractivity contribution in [1.82, 2.24) is 10.1 Å². The highest BCUT2D eigenvalue weighted by Crippen LogP contribution is 2.38. The largest absolute Gasteiger partial charge is 0.454 e. The maximum atomic E-state index is 5.42. The van der Waals surface area contributed by atoms with Gasteiger partial charge in [-0.05, 0) is 24.6 Å². The third-order valence-corrected chi connectivity index (χ3v) is 2.56. The van der Waals surface area contributed by atoms with Gasteiger partial charge in [0, 0.05) is 5.56 Å². The maximum absolute atomic E-state index is 5.42. The van der Waals surface area contributed by atoms with Crippen LogP contribution in [0.3, 0.4) is 0 Å². The molecule has 2 aromatic rings. The Hall–Kier alpha value is -2.08. The SMILES string of the molecule is Cc1cc(-c2noc(CN)n2)cc2c1OCO2. The second kappa shape index (κ2) is 3.74. The lowest BCUT2D eigenvalue weighted by Crippen LogP contribution is -1.95. The summed E-state index contributed by atoms with van der Waals surface area (Å²) in [6.45, 7) is 2.43. The average Bonchev–Trinajstić information content (AvgIpc) is 2.97. The standard InChI is InChI=1S/C11H11N3O3/c1-6-2-7(3-8-10(6)16-5-15-8)11-13-9(4-12)17-14-11/h2-3H,4-5,12H2,1H3. The molecule has 1 aromatic carbocycles. The first-order chi connectivity index (χ1) is 8.28. The fourth-order valence-corrected chi connectivity index (χ4v) is 1.77. The lowest BCUT2D eigenvalue weighted by atomic mass is 10.1. The van der Waals surface area contributed by atoms with E-state index in [0.717, 1.165) is 16.9 Å². The van der Waals surface area contributed by atoms with Gasteiger partial charge in [0.25, 0.3) is 0 Å². The molecule has 0 radical (unpaired) electrons. The molecule has 0 saturated heterocycles. The number of nitrogens with zero attached hydrogens (tertiary/aromatic N) is 2. The number of hydrogen-bond acceptors (Lipinski definition) is 6. The number of ether oxygens (including phenoxy) is 2. The molecule has 1 aliphatic rings. The van der Waals surface area contributed by atoms with Gasteiger partial charge in [0.05, 0.1) is 6.54 Å². The van der Waals surface area contributed by atoms with Gasteiger partial charge in [-0.3, -0.25) is 0 Å². The molecule has 6 nitrogen and oxygen atoms in total. The molecule has 0 bridgehead atoms. The molecule has 1 aliphatic heterocycles. The fraction of sp³-hybridized carbons (Fsp3) is 0.273. The van der Waals surface area contributed by atoms with Crippen LogP contribution in [0.2, 0.25) is 0 Å². The van der Waals surface area contributed by atoms with E-state index in [1.807, 2.05) is 19.1 Å². The molecule has 0 atom stereocenters. The lowest BCUT2D eigenvalue weighted by molar-refractivity contribution is 0.173. The number of rotatable bonds is 2. The van der Waals surface area contributed by atoms with Crippen molar-refractivity contribution in [2.24, 2.45) is 5.73 Å². The Balaban J connectivity index is 2.06. The molecule has 0 spiro atoms. The van der Waals surface area contributed by atoms with Gasteiger partial charge in [0.2, 0.25) is 18.5 Å². The Bertz CT molecular complexity index is 565. The number of benzene rings is 1. The summed E-state index contributed by atoms with van der Waals surface area (Å²) in [5.74, 6) is 2.40. The van der Waals surface area contributed by atoms with Gasteiger partial charge in [0.15, 0.2) is 11.5 Å². The van der Waals surface area contributed by atoms with Crippen LogP contribution in [0.25, 0.3) is 11.4 Å². The minimum atomic E-state index is 0.233. The van der Waals surface area contributed by atoms with Gasteiger partial charge in [-0.1, -0.05) is 5.16 Å². The van der Waals surface area contributed by atoms with E-state index in [0.29, 0.717) is 17.5 Å². The molecule has 0 saturated carbocycles. The molecular formula is C11H11N3O3. The highest BCUT2D eigenvalue weighted by atomic mass is 16.7. The summed E-state index contributed by atoms with van der Waals surface area (Å²) in [7, 11) is 0. The van der Waals surface area contributed by atoms with Crippen molar-refractivity contribution in [2.75, 3.05) is 6.79 Å². The minimum Gasteiger partial charge on any atom is -0.454 e. The summed E-state index contributed by atoms with van der Waals surface area (Å²) < 4.78 is 15.7. The molecular weight excluding hydrogens is 222 g/mol. The van der Waals surface area contributed by atoms with Crippen molar-refractivity contribution in [1.29, 1.82) is 0 Å². The summed E-state index contributed by atoms with van der Waals surface area (Å²) in [4.78, 5) is 4.17. The number of aryl methyl sites for hydroxylation is 1. The van der Waals surface area contributed by atoms with Crippen LogP contribution < -0.4 is 15.2 Å². The third kappa shape index (κ3) is 1.62. The molecule has 2 heterocycles. The molecule has 0 aliphatic carbocycles. The third-order valence-electron chi connectivity index (χ3n) is 2.56. The molecule has 6 heteroatoms. The molecule has 1 aromatic heterocycles. The van der Waals surface area contributed by atoms with Crippen LogP contribution in [0.4, 0.5) is 0 Å². The van der Waals surface area contributed by atoms with E-state index in [4.69, 9.17) is 19.7 Å². The van der Waals surface area contributed by atoms with Crippen LogP contribution in [-0.4, -0.2) is 16.9 Å². The van der Waals surface area contributed by atoms with E-state index >= 15 is 0 Å². The quantitative estimate of drug-likeness (QED) is 0.839. The summed E-state index contributed by atoms with van der Waals surface area (Å²) in [5, 5.41) is 3.86. The molecule has 0 unspecified atom stereocenters. The van der Waals surface area contributed by atoms with Crippen LogP contribution in [0.15, 0.2) is 16.7 Å². The first kappa shape index (κ1) is 10.1. The van der Waals surface area contributed by atoms with Gasteiger partial charge in [0.1, 0.15) is 0 Å². The predicted octanol–water partition coefficient (Wildman–Crippen LogP) is 1.23. The van der Waals surface area contributed by atoms with Gasteiger partial charge in [-0.15, -0.1) is 0 Å². The zero-order valence-corrected chi connectivity index (χ0v) is 9.27. The molecule has 88 valence electrons. The zero-order valence-electron chi connectivity index (χ0n) is 9.27. The minimum absolute atomic E-state index is 0.233. The number of fused-ring (bicyclic) bond motifs is 1. The summed E-state index contributed by atoms with van der Waals surface area (Å²) in [5.41, 5.74) is 7.23. The van der Waals surface area contributed by atoms with Crippen LogP contribution in [0, 0.1) is 6.92 Å². The zero-order chi connectivity index (χ0) is 11.8. The van der Waals surface area contributed by atoms with Crippen molar-refractivity contribution in [3.63, 3.8) is 0 Å². The second-order valence-electron chi connectivity index (χ2n) is 3.74. The smallest absolute Gasteiger partial charge is 0.240 e. The predicted molar refractivity (Wildman–Crippen MR) is 58.5 cm³/mol. The van der Waals surface area contributed by atoms with Gasteiger partial charge >= 0.3 is 0 Å². The molecule has 0 fully saturated rings. The molecule has 0 amide bonds. The first-order valence-electron chi connectivity index (χ1n) is 5.21. The van der Waals surface area contributed by atoms with Gasteiger partial charge in [-0.25, -0.2) is 0 Å². The van der Waals surface area contributed by atoms with Crippen molar-refractivity contribution >= 4 is 0 Å². The monoisotopic (exact) mass is 233 g/mol. The maximum Gasteiger partial charge on any atom is 0.240 e. The van der Waals surface area contributed by atoms with Crippen molar-refractivity contribution in [3.8, 4) is 22.9 Å². The van der Waals surface area contributed by atoms with Crippen LogP contribution in [0.5, 0.6) is 11.5 Å². The lowest BCUT2D eigenvalue weighted by Gasteiger charge is -2.02. The number of hydrogen-bond donors (Lipinski definition) is 1. The molecule has 3 rings (SSSR count). The van der Waals surface area contributed by atoms with Crippen LogP contribution in [0.1, 0.15) is 11.5 Å². The number of aromatic nitrogens is 2. The number of nitrogens with two attached hydrogens (primary N) is 1. The van der Waals surface area contributed by atoms with Gasteiger partial charge in [-0.2, -0.15) is 4.98 Å². The fourth-order valence-electron chi connectivity index (χ4n) is 1.77. The first-order valence-corrected chi connectivity index (χ1v) is 5.21. The normalized spacial score (nSPS) is 13.1. The van der Waals surface area contributed by atoms with E-state index in [-0.39, 0.29) is 13.3 Å². The molecule has 2 N–H and O–H groups in total. The summed E-state index contributed by atoms with van der Waals surface area (Å²) in [6, 6.07) is 3.76.